The number of nitrogens with zero attached hydrogens (tertiary/aromatic N) is 1. The first-order chi connectivity index (χ1) is 13.2. The topological polar surface area (TPSA) is 61.4 Å². The summed E-state index contributed by atoms with van der Waals surface area (Å²) in [6.45, 7) is 1.35. The van der Waals surface area contributed by atoms with Gasteiger partial charge in [0.25, 0.3) is 0 Å². The summed E-state index contributed by atoms with van der Waals surface area (Å²) in [7, 11) is 1.61. The van der Waals surface area contributed by atoms with Gasteiger partial charge in [-0.15, -0.1) is 0 Å². The molecular formula is C22H27N3O2. The van der Waals surface area contributed by atoms with Crippen molar-refractivity contribution in [1.29, 1.82) is 0 Å². The second-order valence-electron chi connectivity index (χ2n) is 7.10. The zero-order valence-corrected chi connectivity index (χ0v) is 15.8. The second kappa shape index (κ2) is 9.21. The van der Waals surface area contributed by atoms with Crippen molar-refractivity contribution in [2.24, 2.45) is 5.92 Å². The van der Waals surface area contributed by atoms with Crippen LogP contribution >= 0.6 is 0 Å². The normalized spacial score (nSPS) is 13.5. The summed E-state index contributed by atoms with van der Waals surface area (Å²) in [4.78, 5) is 26.7. The summed E-state index contributed by atoms with van der Waals surface area (Å²) >= 11 is 0. The van der Waals surface area contributed by atoms with E-state index in [0.29, 0.717) is 18.2 Å². The van der Waals surface area contributed by atoms with Crippen LogP contribution in [0.4, 0.5) is 10.5 Å². The molecule has 0 atom stereocenters. The smallest absolute Gasteiger partial charge is 0.322 e. The van der Waals surface area contributed by atoms with Crippen LogP contribution in [-0.2, 0) is 17.8 Å². The SMILES string of the molecule is CNC(=O)Cc1ccccc1NC(=O)N(Cc1ccccc1)CC1CCC1. The summed E-state index contributed by atoms with van der Waals surface area (Å²) in [6.07, 6.45) is 3.87. The molecule has 0 spiro atoms. The van der Waals surface area contributed by atoms with Crippen molar-refractivity contribution in [3.8, 4) is 0 Å². The van der Waals surface area contributed by atoms with Gasteiger partial charge in [0.05, 0.1) is 6.42 Å². The molecule has 1 aliphatic carbocycles. The monoisotopic (exact) mass is 365 g/mol. The molecule has 0 saturated heterocycles. The molecule has 2 aromatic carbocycles. The molecule has 1 saturated carbocycles. The Morgan fingerprint density at radius 1 is 1.04 bits per heavy atom. The average molecular weight is 365 g/mol. The molecule has 5 nitrogen and oxygen atoms in total. The highest BCUT2D eigenvalue weighted by Gasteiger charge is 2.24. The van der Waals surface area contributed by atoms with Crippen LogP contribution in [0.15, 0.2) is 54.6 Å². The first-order valence-electron chi connectivity index (χ1n) is 9.54. The highest BCUT2D eigenvalue weighted by molar-refractivity contribution is 5.91. The van der Waals surface area contributed by atoms with Gasteiger partial charge in [-0.25, -0.2) is 4.79 Å². The Kier molecular flexibility index (Phi) is 6.47. The van der Waals surface area contributed by atoms with E-state index in [9.17, 15) is 9.59 Å². The maximum Gasteiger partial charge on any atom is 0.322 e. The highest BCUT2D eigenvalue weighted by atomic mass is 16.2. The number of hydrogen-bond donors (Lipinski definition) is 2. The van der Waals surface area contributed by atoms with Gasteiger partial charge in [0, 0.05) is 25.8 Å². The Hall–Kier alpha value is -2.82. The molecule has 1 fully saturated rings. The summed E-state index contributed by atoms with van der Waals surface area (Å²) in [5.41, 5.74) is 2.62. The molecule has 1 aliphatic rings. The van der Waals surface area contributed by atoms with Gasteiger partial charge >= 0.3 is 6.03 Å². The largest absolute Gasteiger partial charge is 0.359 e. The standard InChI is InChI=1S/C22H27N3O2/c1-23-21(26)14-19-12-5-6-13-20(19)24-22(27)25(16-18-10-7-11-18)15-17-8-3-2-4-9-17/h2-6,8-9,12-13,18H,7,10-11,14-16H2,1H3,(H,23,26)(H,24,27). The van der Waals surface area contributed by atoms with Crippen molar-refractivity contribution in [2.45, 2.75) is 32.2 Å². The molecule has 2 N–H and O–H groups in total. The molecule has 3 amide bonds. The molecule has 2 aromatic rings. The van der Waals surface area contributed by atoms with E-state index < -0.39 is 0 Å². The Bertz CT molecular complexity index is 772. The molecule has 27 heavy (non-hydrogen) atoms. The van der Waals surface area contributed by atoms with Gasteiger partial charge in [-0.3, -0.25) is 4.79 Å². The minimum Gasteiger partial charge on any atom is -0.359 e. The Morgan fingerprint density at radius 2 is 1.74 bits per heavy atom. The molecule has 0 bridgehead atoms. The lowest BCUT2D eigenvalue weighted by atomic mass is 9.85. The fourth-order valence-corrected chi connectivity index (χ4v) is 3.26. The lowest BCUT2D eigenvalue weighted by Crippen LogP contribution is -2.39. The van der Waals surface area contributed by atoms with Crippen molar-refractivity contribution in [3.05, 3.63) is 65.7 Å². The number of amides is 3. The number of benzene rings is 2. The zero-order valence-electron chi connectivity index (χ0n) is 15.8. The Balaban J connectivity index is 1.73. The number of carbonyl (C=O) groups excluding carboxylic acids is 2. The quantitative estimate of drug-likeness (QED) is 0.784. The van der Waals surface area contributed by atoms with Crippen LogP contribution < -0.4 is 10.6 Å². The number of likely N-dealkylation sites (N-methyl/N-ethyl adjacent to an activating group) is 1. The van der Waals surface area contributed by atoms with Gasteiger partial charge in [-0.05, 0) is 36.0 Å². The van der Waals surface area contributed by atoms with Gasteiger partial charge in [-0.1, -0.05) is 55.0 Å². The highest BCUT2D eigenvalue weighted by Crippen LogP contribution is 2.28. The predicted molar refractivity (Wildman–Crippen MR) is 107 cm³/mol. The molecule has 142 valence electrons. The van der Waals surface area contributed by atoms with Crippen LogP contribution in [0, 0.1) is 5.92 Å². The van der Waals surface area contributed by atoms with Crippen molar-refractivity contribution in [2.75, 3.05) is 18.9 Å². The van der Waals surface area contributed by atoms with Crippen molar-refractivity contribution < 1.29 is 9.59 Å². The maximum atomic E-state index is 13.0. The van der Waals surface area contributed by atoms with E-state index in [4.69, 9.17) is 0 Å². The van der Waals surface area contributed by atoms with Gasteiger partial charge < -0.3 is 15.5 Å². The number of rotatable bonds is 7. The van der Waals surface area contributed by atoms with Gasteiger partial charge in [0.1, 0.15) is 0 Å². The third-order valence-electron chi connectivity index (χ3n) is 5.10. The first-order valence-corrected chi connectivity index (χ1v) is 9.54. The Labute approximate surface area is 160 Å². The van der Waals surface area contributed by atoms with E-state index in [1.165, 1.54) is 19.3 Å². The lowest BCUT2D eigenvalue weighted by Gasteiger charge is -2.32. The molecular weight excluding hydrogens is 338 g/mol. The lowest BCUT2D eigenvalue weighted by molar-refractivity contribution is -0.119. The van der Waals surface area contributed by atoms with E-state index in [1.807, 2.05) is 59.5 Å². The first kappa shape index (κ1) is 19.0. The van der Waals surface area contributed by atoms with E-state index in [-0.39, 0.29) is 18.4 Å². The second-order valence-corrected chi connectivity index (χ2v) is 7.10. The number of anilines is 1. The zero-order chi connectivity index (χ0) is 19.1. The molecule has 0 heterocycles. The van der Waals surface area contributed by atoms with E-state index >= 15 is 0 Å². The van der Waals surface area contributed by atoms with E-state index in [1.54, 1.807) is 7.05 Å². The molecule has 3 rings (SSSR count). The summed E-state index contributed by atoms with van der Waals surface area (Å²) in [5.74, 6) is 0.507. The molecule has 0 aromatic heterocycles. The van der Waals surface area contributed by atoms with Crippen LogP contribution in [0.1, 0.15) is 30.4 Å². The van der Waals surface area contributed by atoms with Crippen LogP contribution in [0.3, 0.4) is 0 Å². The van der Waals surface area contributed by atoms with Gasteiger partial charge in [-0.2, -0.15) is 0 Å². The number of para-hydroxylation sites is 1. The predicted octanol–water partition coefficient (Wildman–Crippen LogP) is 3.81. The van der Waals surface area contributed by atoms with Gasteiger partial charge in [0.2, 0.25) is 5.91 Å². The Morgan fingerprint density at radius 3 is 2.41 bits per heavy atom. The van der Waals surface area contributed by atoms with Crippen LogP contribution in [0.2, 0.25) is 0 Å². The summed E-state index contributed by atoms with van der Waals surface area (Å²) in [5, 5.41) is 5.65. The van der Waals surface area contributed by atoms with E-state index in [0.717, 1.165) is 17.7 Å². The molecule has 0 aliphatic heterocycles. The van der Waals surface area contributed by atoms with E-state index in [2.05, 4.69) is 10.6 Å². The van der Waals surface area contributed by atoms with Crippen LogP contribution in [0.5, 0.6) is 0 Å². The number of carbonyl (C=O) groups is 2. The van der Waals surface area contributed by atoms with Crippen molar-refractivity contribution in [3.63, 3.8) is 0 Å². The number of nitrogens with one attached hydrogen (secondary N) is 2. The fraction of sp³-hybridized carbons (Fsp3) is 0.364. The third kappa shape index (κ3) is 5.33. The summed E-state index contributed by atoms with van der Waals surface area (Å²) < 4.78 is 0. The minimum absolute atomic E-state index is 0.0766. The fourth-order valence-electron chi connectivity index (χ4n) is 3.26. The maximum absolute atomic E-state index is 13.0. The van der Waals surface area contributed by atoms with Crippen LogP contribution in [0.25, 0.3) is 0 Å². The average Bonchev–Trinajstić information content (AvgIpc) is 2.65. The summed E-state index contributed by atoms with van der Waals surface area (Å²) in [6, 6.07) is 17.4. The number of urea groups is 1. The molecule has 0 radical (unpaired) electrons. The third-order valence-corrected chi connectivity index (χ3v) is 5.10. The van der Waals surface area contributed by atoms with Crippen LogP contribution in [-0.4, -0.2) is 30.4 Å². The van der Waals surface area contributed by atoms with Crippen molar-refractivity contribution in [1.82, 2.24) is 10.2 Å². The molecule has 5 heteroatoms. The molecule has 0 unspecified atom stereocenters. The van der Waals surface area contributed by atoms with Crippen molar-refractivity contribution >= 4 is 17.6 Å². The minimum atomic E-state index is -0.116. The number of hydrogen-bond acceptors (Lipinski definition) is 2. The van der Waals surface area contributed by atoms with Gasteiger partial charge in [0.15, 0.2) is 0 Å².